The molecule has 0 spiro atoms. The summed E-state index contributed by atoms with van der Waals surface area (Å²) in [5.74, 6) is 0. The smallest absolute Gasteiger partial charge is 0.317 e. The van der Waals surface area contributed by atoms with Crippen LogP contribution in [0.3, 0.4) is 0 Å². The van der Waals surface area contributed by atoms with Crippen molar-refractivity contribution in [1.29, 1.82) is 0 Å². The Balaban J connectivity index is 2.15. The first-order valence-corrected chi connectivity index (χ1v) is 5.72. The number of amides is 2. The van der Waals surface area contributed by atoms with Gasteiger partial charge in [-0.2, -0.15) is 0 Å². The lowest BCUT2D eigenvalue weighted by Gasteiger charge is -2.23. The van der Waals surface area contributed by atoms with Gasteiger partial charge in [-0.25, -0.2) is 4.79 Å². The Kier molecular flexibility index (Phi) is 2.72. The molecule has 1 aromatic heterocycles. The van der Waals surface area contributed by atoms with Gasteiger partial charge in [-0.1, -0.05) is 6.07 Å². The summed E-state index contributed by atoms with van der Waals surface area (Å²) in [6.45, 7) is 0.877. The van der Waals surface area contributed by atoms with E-state index in [1.54, 1.807) is 18.4 Å². The Morgan fingerprint density at radius 3 is 3.21 bits per heavy atom. The first-order valence-electron chi connectivity index (χ1n) is 4.84. The van der Waals surface area contributed by atoms with E-state index >= 15 is 0 Å². The van der Waals surface area contributed by atoms with Crippen LogP contribution in [0.15, 0.2) is 17.5 Å². The summed E-state index contributed by atoms with van der Waals surface area (Å²) in [6.07, 6.45) is 2.20. The molecule has 1 saturated heterocycles. The summed E-state index contributed by atoms with van der Waals surface area (Å²) >= 11 is 1.73. The molecule has 2 heterocycles. The summed E-state index contributed by atoms with van der Waals surface area (Å²) < 4.78 is 0. The third kappa shape index (κ3) is 1.62. The average Bonchev–Trinajstić information content (AvgIpc) is 2.85. The number of thiophene rings is 1. The van der Waals surface area contributed by atoms with E-state index < -0.39 is 0 Å². The van der Waals surface area contributed by atoms with E-state index in [9.17, 15) is 4.79 Å². The second-order valence-electron chi connectivity index (χ2n) is 3.42. The maximum atomic E-state index is 11.5. The number of nitrogens with zero attached hydrogens (tertiary/aromatic N) is 1. The van der Waals surface area contributed by atoms with Gasteiger partial charge in [0.1, 0.15) is 0 Å². The van der Waals surface area contributed by atoms with Gasteiger partial charge >= 0.3 is 6.03 Å². The van der Waals surface area contributed by atoms with Crippen LogP contribution in [0.1, 0.15) is 23.8 Å². The molecule has 2 rings (SSSR count). The highest BCUT2D eigenvalue weighted by atomic mass is 32.1. The van der Waals surface area contributed by atoms with E-state index in [0.717, 1.165) is 19.4 Å². The normalized spacial score (nSPS) is 21.2. The lowest BCUT2D eigenvalue weighted by atomic mass is 10.2. The molecule has 0 saturated carbocycles. The molecule has 14 heavy (non-hydrogen) atoms. The van der Waals surface area contributed by atoms with Crippen LogP contribution in [0.2, 0.25) is 0 Å². The lowest BCUT2D eigenvalue weighted by Crippen LogP contribution is -2.37. The topological polar surface area (TPSA) is 32.3 Å². The minimum Gasteiger partial charge on any atom is -0.341 e. The van der Waals surface area contributed by atoms with Crippen molar-refractivity contribution in [3.63, 3.8) is 0 Å². The van der Waals surface area contributed by atoms with Gasteiger partial charge in [0.2, 0.25) is 0 Å². The van der Waals surface area contributed by atoms with Crippen LogP contribution in [-0.2, 0) is 0 Å². The quantitative estimate of drug-likeness (QED) is 0.757. The van der Waals surface area contributed by atoms with Crippen molar-refractivity contribution >= 4 is 17.4 Å². The van der Waals surface area contributed by atoms with Gasteiger partial charge in [0.05, 0.1) is 6.04 Å². The molecule has 3 nitrogen and oxygen atoms in total. The number of carbonyl (C=O) groups is 1. The summed E-state index contributed by atoms with van der Waals surface area (Å²) in [4.78, 5) is 14.8. The number of likely N-dealkylation sites (tertiary alicyclic amines) is 1. The molecule has 0 aromatic carbocycles. The highest BCUT2D eigenvalue weighted by Crippen LogP contribution is 2.34. The maximum absolute atomic E-state index is 11.5. The molecule has 76 valence electrons. The first-order chi connectivity index (χ1) is 6.83. The van der Waals surface area contributed by atoms with E-state index in [2.05, 4.69) is 16.8 Å². The summed E-state index contributed by atoms with van der Waals surface area (Å²) in [5, 5.41) is 4.76. The van der Waals surface area contributed by atoms with E-state index in [1.807, 2.05) is 11.0 Å². The molecule has 1 aliphatic rings. The van der Waals surface area contributed by atoms with Gasteiger partial charge in [0.15, 0.2) is 0 Å². The Bertz CT molecular complexity index is 310. The lowest BCUT2D eigenvalue weighted by molar-refractivity contribution is 0.196. The second kappa shape index (κ2) is 4.00. The van der Waals surface area contributed by atoms with Gasteiger partial charge < -0.3 is 10.2 Å². The molecule has 4 heteroatoms. The van der Waals surface area contributed by atoms with Crippen molar-refractivity contribution in [2.45, 2.75) is 18.9 Å². The summed E-state index contributed by atoms with van der Waals surface area (Å²) in [6, 6.07) is 4.49. The maximum Gasteiger partial charge on any atom is 0.317 e. The standard InChI is InChI=1S/C10H14N2OS/c1-11-10(13)12-6-2-4-8(12)9-5-3-7-14-9/h3,5,7-8H,2,4,6H2,1H3,(H,11,13). The number of rotatable bonds is 1. The zero-order valence-corrected chi connectivity index (χ0v) is 9.01. The highest BCUT2D eigenvalue weighted by molar-refractivity contribution is 7.10. The van der Waals surface area contributed by atoms with Crippen molar-refractivity contribution in [3.05, 3.63) is 22.4 Å². The van der Waals surface area contributed by atoms with E-state index in [0.29, 0.717) is 6.04 Å². The predicted octanol–water partition coefficient (Wildman–Crippen LogP) is 2.22. The van der Waals surface area contributed by atoms with Crippen LogP contribution in [-0.4, -0.2) is 24.5 Å². The van der Waals surface area contributed by atoms with Crippen LogP contribution in [0.4, 0.5) is 4.79 Å². The Morgan fingerprint density at radius 1 is 1.71 bits per heavy atom. The first kappa shape index (κ1) is 9.52. The van der Waals surface area contributed by atoms with Crippen LogP contribution in [0, 0.1) is 0 Å². The van der Waals surface area contributed by atoms with Crippen LogP contribution in [0.25, 0.3) is 0 Å². The zero-order chi connectivity index (χ0) is 9.97. The number of nitrogens with one attached hydrogen (secondary N) is 1. The Labute approximate surface area is 87.7 Å². The molecule has 1 aromatic rings. The van der Waals surface area contributed by atoms with Crippen LogP contribution < -0.4 is 5.32 Å². The minimum atomic E-state index is 0.0425. The monoisotopic (exact) mass is 210 g/mol. The molecule has 1 fully saturated rings. The van der Waals surface area contributed by atoms with Crippen molar-refractivity contribution in [2.24, 2.45) is 0 Å². The molecule has 0 aliphatic carbocycles. The third-order valence-corrected chi connectivity index (χ3v) is 3.57. The molecular formula is C10H14N2OS. The van der Waals surface area contributed by atoms with Crippen molar-refractivity contribution in [1.82, 2.24) is 10.2 Å². The van der Waals surface area contributed by atoms with Crippen molar-refractivity contribution in [2.75, 3.05) is 13.6 Å². The zero-order valence-electron chi connectivity index (χ0n) is 8.19. The van der Waals surface area contributed by atoms with E-state index in [1.165, 1.54) is 4.88 Å². The largest absolute Gasteiger partial charge is 0.341 e. The fourth-order valence-corrected chi connectivity index (χ4v) is 2.80. The molecule has 1 aliphatic heterocycles. The predicted molar refractivity (Wildman–Crippen MR) is 57.5 cm³/mol. The Hall–Kier alpha value is -1.03. The number of carbonyl (C=O) groups excluding carboxylic acids is 1. The van der Waals surface area contributed by atoms with Gasteiger partial charge in [-0.3, -0.25) is 0 Å². The average molecular weight is 210 g/mol. The van der Waals surface area contributed by atoms with E-state index in [4.69, 9.17) is 0 Å². The SMILES string of the molecule is CNC(=O)N1CCCC1c1cccs1. The molecule has 0 radical (unpaired) electrons. The summed E-state index contributed by atoms with van der Waals surface area (Å²) in [5.41, 5.74) is 0. The molecule has 2 amide bonds. The van der Waals surface area contributed by atoms with Crippen LogP contribution >= 0.6 is 11.3 Å². The van der Waals surface area contributed by atoms with Gasteiger partial charge in [0.25, 0.3) is 0 Å². The number of hydrogen-bond donors (Lipinski definition) is 1. The molecule has 1 atom stereocenters. The van der Waals surface area contributed by atoms with Gasteiger partial charge in [-0.05, 0) is 24.3 Å². The van der Waals surface area contributed by atoms with Crippen molar-refractivity contribution in [3.8, 4) is 0 Å². The molecule has 0 bridgehead atoms. The molecule has 1 unspecified atom stereocenters. The number of urea groups is 1. The molecule has 1 N–H and O–H groups in total. The Morgan fingerprint density at radius 2 is 2.57 bits per heavy atom. The second-order valence-corrected chi connectivity index (χ2v) is 4.40. The van der Waals surface area contributed by atoms with E-state index in [-0.39, 0.29) is 6.03 Å². The third-order valence-electron chi connectivity index (χ3n) is 2.60. The molecular weight excluding hydrogens is 196 g/mol. The van der Waals surface area contributed by atoms with Gasteiger partial charge in [0, 0.05) is 18.5 Å². The van der Waals surface area contributed by atoms with Crippen LogP contribution in [0.5, 0.6) is 0 Å². The minimum absolute atomic E-state index is 0.0425. The number of hydrogen-bond acceptors (Lipinski definition) is 2. The summed E-state index contributed by atoms with van der Waals surface area (Å²) in [7, 11) is 1.69. The van der Waals surface area contributed by atoms with Gasteiger partial charge in [-0.15, -0.1) is 11.3 Å². The fraction of sp³-hybridized carbons (Fsp3) is 0.500. The highest BCUT2D eigenvalue weighted by Gasteiger charge is 2.29. The van der Waals surface area contributed by atoms with Crippen molar-refractivity contribution < 1.29 is 4.79 Å². The fourth-order valence-electron chi connectivity index (χ4n) is 1.93.